The summed E-state index contributed by atoms with van der Waals surface area (Å²) >= 11 is 16.9. The summed E-state index contributed by atoms with van der Waals surface area (Å²) in [7, 11) is 0. The van der Waals surface area contributed by atoms with Crippen molar-refractivity contribution in [2.24, 2.45) is 0 Å². The first kappa shape index (κ1) is 8.82. The van der Waals surface area contributed by atoms with Gasteiger partial charge >= 0.3 is 0 Å². The molecule has 0 saturated carbocycles. The summed E-state index contributed by atoms with van der Waals surface area (Å²) in [5.41, 5.74) is 0. The van der Waals surface area contributed by atoms with Gasteiger partial charge in [-0.15, -0.1) is 11.3 Å². The molecule has 0 unspecified atom stereocenters. The van der Waals surface area contributed by atoms with Crippen LogP contribution >= 0.6 is 50.5 Å². The Morgan fingerprint density at radius 3 is 2.67 bits per heavy atom. The average molecular weight is 282 g/mol. The Bertz CT molecular complexity index is 436. The van der Waals surface area contributed by atoms with Crippen LogP contribution in [-0.2, 0) is 0 Å². The van der Waals surface area contributed by atoms with E-state index in [9.17, 15) is 0 Å². The molecule has 1 aromatic carbocycles. The maximum atomic E-state index is 5.99. The summed E-state index contributed by atoms with van der Waals surface area (Å²) in [6, 6.07) is 5.78. The summed E-state index contributed by atoms with van der Waals surface area (Å²) in [6.07, 6.45) is 0. The molecule has 0 aliphatic carbocycles. The molecule has 62 valence electrons. The molecule has 0 atom stereocenters. The van der Waals surface area contributed by atoms with Crippen molar-refractivity contribution in [2.75, 3.05) is 0 Å². The monoisotopic (exact) mass is 280 g/mol. The van der Waals surface area contributed by atoms with Crippen molar-refractivity contribution in [2.45, 2.75) is 0 Å². The minimum atomic E-state index is 0.738. The van der Waals surface area contributed by atoms with Gasteiger partial charge in [-0.3, -0.25) is 0 Å². The summed E-state index contributed by atoms with van der Waals surface area (Å²) in [6.45, 7) is 0. The van der Waals surface area contributed by atoms with Gasteiger partial charge in [0.25, 0.3) is 0 Å². The molecule has 0 spiro atoms. The van der Waals surface area contributed by atoms with Gasteiger partial charge in [0, 0.05) is 10.1 Å². The molecule has 0 nitrogen and oxygen atoms in total. The topological polar surface area (TPSA) is 0 Å². The zero-order valence-corrected chi connectivity index (χ0v) is 9.69. The minimum absolute atomic E-state index is 0.738. The fourth-order valence-electron chi connectivity index (χ4n) is 1.04. The molecule has 0 aliphatic rings. The Kier molecular flexibility index (Phi) is 2.34. The van der Waals surface area contributed by atoms with E-state index in [1.54, 1.807) is 0 Å². The van der Waals surface area contributed by atoms with Gasteiger partial charge in [0.05, 0.1) is 9.50 Å². The van der Waals surface area contributed by atoms with E-state index in [0.717, 1.165) is 23.9 Å². The van der Waals surface area contributed by atoms with Crippen LogP contribution < -0.4 is 0 Å². The number of benzene rings is 1. The molecule has 0 bridgehead atoms. The highest BCUT2D eigenvalue weighted by atomic mass is 79.9. The van der Waals surface area contributed by atoms with Gasteiger partial charge in [0.2, 0.25) is 0 Å². The molecule has 0 saturated heterocycles. The second-order valence-electron chi connectivity index (χ2n) is 2.30. The number of rotatable bonds is 0. The van der Waals surface area contributed by atoms with E-state index < -0.39 is 0 Å². The second kappa shape index (κ2) is 3.18. The van der Waals surface area contributed by atoms with E-state index >= 15 is 0 Å². The normalized spacial score (nSPS) is 10.9. The summed E-state index contributed by atoms with van der Waals surface area (Å²) < 4.78 is 2.76. The molecule has 0 amide bonds. The Labute approximate surface area is 92.2 Å². The fourth-order valence-corrected chi connectivity index (χ4v) is 3.47. The maximum absolute atomic E-state index is 5.99. The average Bonchev–Trinajstić information content (AvgIpc) is 2.29. The lowest BCUT2D eigenvalue weighted by Gasteiger charge is -1.92. The molecular weight excluding hydrogens is 279 g/mol. The predicted molar refractivity (Wildman–Crippen MR) is 59.5 cm³/mol. The molecule has 0 fully saturated rings. The van der Waals surface area contributed by atoms with Crippen LogP contribution in [0.15, 0.2) is 22.7 Å². The first-order valence-electron chi connectivity index (χ1n) is 3.22. The van der Waals surface area contributed by atoms with Crippen LogP contribution in [0.25, 0.3) is 10.1 Å². The van der Waals surface area contributed by atoms with Gasteiger partial charge in [-0.2, -0.15) is 0 Å². The molecule has 2 aromatic rings. The number of fused-ring (bicyclic) bond motifs is 1. The van der Waals surface area contributed by atoms with Crippen molar-refractivity contribution >= 4 is 60.6 Å². The fraction of sp³-hybridized carbons (Fsp3) is 0. The van der Waals surface area contributed by atoms with Crippen molar-refractivity contribution in [1.82, 2.24) is 0 Å². The molecule has 0 aliphatic heterocycles. The smallest absolute Gasteiger partial charge is 0.108 e. The third-order valence-electron chi connectivity index (χ3n) is 1.57. The lowest BCUT2D eigenvalue weighted by atomic mass is 10.3. The van der Waals surface area contributed by atoms with E-state index in [2.05, 4.69) is 15.9 Å². The maximum Gasteiger partial charge on any atom is 0.108 e. The van der Waals surface area contributed by atoms with Gasteiger partial charge < -0.3 is 0 Å². The van der Waals surface area contributed by atoms with Crippen LogP contribution in [0.5, 0.6) is 0 Å². The molecule has 12 heavy (non-hydrogen) atoms. The standard InChI is InChI=1S/C8H3BrCl2S/c9-7-6-4(10)2-1-3-5(6)12-8(7)11/h1-3H. The largest absolute Gasteiger partial charge is 0.122 e. The Morgan fingerprint density at radius 1 is 1.25 bits per heavy atom. The van der Waals surface area contributed by atoms with E-state index in [1.807, 2.05) is 18.2 Å². The quantitative estimate of drug-likeness (QED) is 0.639. The molecule has 0 N–H and O–H groups in total. The van der Waals surface area contributed by atoms with Crippen LogP contribution in [0.3, 0.4) is 0 Å². The van der Waals surface area contributed by atoms with Crippen LogP contribution in [0.2, 0.25) is 9.36 Å². The Balaban J connectivity index is 2.97. The molecule has 4 heteroatoms. The minimum Gasteiger partial charge on any atom is -0.122 e. The third-order valence-corrected chi connectivity index (χ3v) is 4.53. The molecule has 1 heterocycles. The Hall–Kier alpha value is 0.240. The van der Waals surface area contributed by atoms with Crippen molar-refractivity contribution in [3.05, 3.63) is 32.0 Å². The lowest BCUT2D eigenvalue weighted by Crippen LogP contribution is -1.65. The Morgan fingerprint density at radius 2 is 2.00 bits per heavy atom. The zero-order chi connectivity index (χ0) is 8.72. The van der Waals surface area contributed by atoms with Crippen molar-refractivity contribution in [3.8, 4) is 0 Å². The number of thiophene rings is 1. The summed E-state index contributed by atoms with van der Waals surface area (Å²) in [5, 5.41) is 1.75. The first-order chi connectivity index (χ1) is 5.70. The molecule has 1 aromatic heterocycles. The van der Waals surface area contributed by atoms with Gasteiger partial charge in [0.15, 0.2) is 0 Å². The SMILES string of the molecule is Clc1sc2cccc(Cl)c2c1Br. The van der Waals surface area contributed by atoms with Gasteiger partial charge in [-0.1, -0.05) is 29.3 Å². The van der Waals surface area contributed by atoms with Crippen LogP contribution in [0.1, 0.15) is 0 Å². The van der Waals surface area contributed by atoms with Crippen LogP contribution in [-0.4, -0.2) is 0 Å². The van der Waals surface area contributed by atoms with Crippen LogP contribution in [0, 0.1) is 0 Å². The van der Waals surface area contributed by atoms with Gasteiger partial charge in [0.1, 0.15) is 4.34 Å². The van der Waals surface area contributed by atoms with Gasteiger partial charge in [-0.05, 0) is 28.1 Å². The number of halogens is 3. The highest BCUT2D eigenvalue weighted by molar-refractivity contribution is 9.10. The van der Waals surface area contributed by atoms with E-state index in [4.69, 9.17) is 23.2 Å². The van der Waals surface area contributed by atoms with Crippen molar-refractivity contribution < 1.29 is 0 Å². The summed E-state index contributed by atoms with van der Waals surface area (Å²) in [5.74, 6) is 0. The summed E-state index contributed by atoms with van der Waals surface area (Å²) in [4.78, 5) is 0. The number of hydrogen-bond acceptors (Lipinski definition) is 1. The first-order valence-corrected chi connectivity index (χ1v) is 5.58. The molecular formula is C8H3BrCl2S. The van der Waals surface area contributed by atoms with E-state index in [0.29, 0.717) is 0 Å². The van der Waals surface area contributed by atoms with Gasteiger partial charge in [-0.25, -0.2) is 0 Å². The van der Waals surface area contributed by atoms with Crippen molar-refractivity contribution in [3.63, 3.8) is 0 Å². The predicted octanol–water partition coefficient (Wildman–Crippen LogP) is 4.97. The molecule has 2 rings (SSSR count). The lowest BCUT2D eigenvalue weighted by molar-refractivity contribution is 1.83. The van der Waals surface area contributed by atoms with E-state index in [-0.39, 0.29) is 0 Å². The third kappa shape index (κ3) is 1.27. The van der Waals surface area contributed by atoms with Crippen molar-refractivity contribution in [1.29, 1.82) is 0 Å². The second-order valence-corrected chi connectivity index (χ2v) is 5.16. The highest BCUT2D eigenvalue weighted by Crippen LogP contribution is 2.42. The van der Waals surface area contributed by atoms with E-state index in [1.165, 1.54) is 11.3 Å². The van der Waals surface area contributed by atoms with Crippen LogP contribution in [0.4, 0.5) is 0 Å². The molecule has 0 radical (unpaired) electrons. The highest BCUT2D eigenvalue weighted by Gasteiger charge is 2.09. The zero-order valence-electron chi connectivity index (χ0n) is 5.77. The number of hydrogen-bond donors (Lipinski definition) is 0.